The molecule has 1 atom stereocenters. The average molecular weight is 200 g/mol. The van der Waals surface area contributed by atoms with Crippen LogP contribution in [0.3, 0.4) is 0 Å². The Balaban J connectivity index is 2.28. The number of thioether (sulfide) groups is 1. The molecule has 1 nitrogen and oxygen atoms in total. The zero-order valence-corrected chi connectivity index (χ0v) is 8.67. The van der Waals surface area contributed by atoms with Gasteiger partial charge in [0.2, 0.25) is 0 Å². The number of fused-ring (bicyclic) bond motifs is 1. The molecule has 0 aromatic carbocycles. The Morgan fingerprint density at radius 2 is 2.50 bits per heavy atom. The van der Waals surface area contributed by atoms with Crippen LogP contribution in [-0.4, -0.2) is 17.5 Å². The molecule has 0 fully saturated rings. The zero-order valence-electron chi connectivity index (χ0n) is 7.04. The number of thiophene rings is 1. The summed E-state index contributed by atoms with van der Waals surface area (Å²) in [6.45, 7) is 0. The van der Waals surface area contributed by atoms with Gasteiger partial charge in [0.15, 0.2) is 0 Å². The van der Waals surface area contributed by atoms with Gasteiger partial charge in [-0.3, -0.25) is 0 Å². The van der Waals surface area contributed by atoms with E-state index in [1.807, 2.05) is 11.3 Å². The summed E-state index contributed by atoms with van der Waals surface area (Å²) in [5.74, 6) is 0. The maximum Gasteiger partial charge on any atom is 0.0601 e. The van der Waals surface area contributed by atoms with Crippen LogP contribution in [0, 0.1) is 0 Å². The molecule has 1 N–H and O–H groups in total. The molecule has 2 rings (SSSR count). The quantitative estimate of drug-likeness (QED) is 0.702. The molecule has 0 saturated heterocycles. The molecule has 3 heteroatoms. The van der Waals surface area contributed by atoms with Crippen molar-refractivity contribution in [3.8, 4) is 0 Å². The monoisotopic (exact) mass is 200 g/mol. The highest BCUT2D eigenvalue weighted by atomic mass is 32.2. The Labute approximate surface area is 80.8 Å². The minimum atomic E-state index is -0.0955. The molecule has 12 heavy (non-hydrogen) atoms. The van der Waals surface area contributed by atoms with E-state index in [0.29, 0.717) is 0 Å². The summed E-state index contributed by atoms with van der Waals surface area (Å²) in [5.41, 5.74) is 1.38. The number of aliphatic hydroxyl groups excluding tert-OH is 1. The average Bonchev–Trinajstić information content (AvgIpc) is 2.46. The Kier molecular flexibility index (Phi) is 2.44. The zero-order chi connectivity index (χ0) is 8.55. The lowest BCUT2D eigenvalue weighted by Gasteiger charge is -2.15. The third-order valence-corrected chi connectivity index (χ3v) is 4.54. The maximum atomic E-state index is 9.44. The molecule has 0 bridgehead atoms. The number of hydrogen-bond donors (Lipinski definition) is 1. The van der Waals surface area contributed by atoms with Crippen molar-refractivity contribution in [1.29, 1.82) is 0 Å². The summed E-state index contributed by atoms with van der Waals surface area (Å²) >= 11 is 3.69. The molecule has 1 unspecified atom stereocenters. The van der Waals surface area contributed by atoms with Crippen molar-refractivity contribution >= 4 is 23.1 Å². The fraction of sp³-hybridized carbons (Fsp3) is 0.556. The number of hydrogen-bond acceptors (Lipinski definition) is 3. The van der Waals surface area contributed by atoms with Crippen molar-refractivity contribution in [2.24, 2.45) is 0 Å². The van der Waals surface area contributed by atoms with Crippen molar-refractivity contribution in [1.82, 2.24) is 0 Å². The summed E-state index contributed by atoms with van der Waals surface area (Å²) in [6, 6.07) is 2.23. The molecule has 0 amide bonds. The van der Waals surface area contributed by atoms with Gasteiger partial charge in [-0.05, 0) is 37.1 Å². The highest BCUT2D eigenvalue weighted by molar-refractivity contribution is 8.00. The first-order chi connectivity index (χ1) is 5.79. The van der Waals surface area contributed by atoms with E-state index in [1.165, 1.54) is 14.6 Å². The summed E-state index contributed by atoms with van der Waals surface area (Å²) in [6.07, 6.45) is 4.89. The molecule has 1 aliphatic rings. The van der Waals surface area contributed by atoms with Gasteiger partial charge in [0.1, 0.15) is 0 Å². The highest BCUT2D eigenvalue weighted by Crippen LogP contribution is 2.34. The van der Waals surface area contributed by atoms with Crippen LogP contribution in [0.25, 0.3) is 0 Å². The topological polar surface area (TPSA) is 20.2 Å². The van der Waals surface area contributed by atoms with Crippen LogP contribution in [-0.2, 0) is 12.8 Å². The molecule has 1 aliphatic carbocycles. The number of aryl methyl sites for hydroxylation is 1. The molecular weight excluding hydrogens is 188 g/mol. The smallest absolute Gasteiger partial charge is 0.0601 e. The van der Waals surface area contributed by atoms with Gasteiger partial charge >= 0.3 is 0 Å². The van der Waals surface area contributed by atoms with Crippen molar-refractivity contribution in [3.05, 3.63) is 16.5 Å². The Morgan fingerprint density at radius 3 is 3.25 bits per heavy atom. The van der Waals surface area contributed by atoms with E-state index in [2.05, 4.69) is 12.3 Å². The SMILES string of the molecule is CSc1cc2c(s1)CCC(O)C2. The van der Waals surface area contributed by atoms with E-state index in [0.717, 1.165) is 19.3 Å². The van der Waals surface area contributed by atoms with E-state index in [1.54, 1.807) is 11.8 Å². The lowest BCUT2D eigenvalue weighted by molar-refractivity contribution is 0.159. The van der Waals surface area contributed by atoms with Crippen molar-refractivity contribution in [2.45, 2.75) is 29.6 Å². The fourth-order valence-electron chi connectivity index (χ4n) is 1.58. The molecule has 1 aromatic rings. The normalized spacial score (nSPS) is 22.3. The minimum Gasteiger partial charge on any atom is -0.393 e. The maximum absolute atomic E-state index is 9.44. The van der Waals surface area contributed by atoms with Gasteiger partial charge in [-0.1, -0.05) is 0 Å². The van der Waals surface area contributed by atoms with Gasteiger partial charge in [0.05, 0.1) is 10.3 Å². The van der Waals surface area contributed by atoms with E-state index >= 15 is 0 Å². The lowest BCUT2D eigenvalue weighted by atomic mass is 9.97. The summed E-state index contributed by atoms with van der Waals surface area (Å²) in [7, 11) is 0. The van der Waals surface area contributed by atoms with Gasteiger partial charge in [-0.25, -0.2) is 0 Å². The highest BCUT2D eigenvalue weighted by Gasteiger charge is 2.18. The summed E-state index contributed by atoms with van der Waals surface area (Å²) in [4.78, 5) is 1.49. The molecular formula is C9H12OS2. The lowest BCUT2D eigenvalue weighted by Crippen LogP contribution is -2.16. The van der Waals surface area contributed by atoms with Gasteiger partial charge in [0.25, 0.3) is 0 Å². The van der Waals surface area contributed by atoms with Crippen LogP contribution < -0.4 is 0 Å². The molecule has 0 spiro atoms. The molecule has 0 radical (unpaired) electrons. The molecule has 0 saturated carbocycles. The van der Waals surface area contributed by atoms with E-state index in [9.17, 15) is 5.11 Å². The third kappa shape index (κ3) is 1.53. The van der Waals surface area contributed by atoms with Crippen LogP contribution in [0.2, 0.25) is 0 Å². The molecule has 66 valence electrons. The second-order valence-corrected chi connectivity index (χ2v) is 5.36. The predicted octanol–water partition coefficient (Wildman–Crippen LogP) is 2.32. The Bertz CT molecular complexity index is 280. The number of rotatable bonds is 1. The largest absolute Gasteiger partial charge is 0.393 e. The van der Waals surface area contributed by atoms with Gasteiger partial charge in [-0.2, -0.15) is 0 Å². The van der Waals surface area contributed by atoms with E-state index < -0.39 is 0 Å². The number of aliphatic hydroxyl groups is 1. The Hall–Kier alpha value is 0.01000. The van der Waals surface area contributed by atoms with E-state index in [-0.39, 0.29) is 6.10 Å². The first kappa shape index (κ1) is 8.60. The van der Waals surface area contributed by atoms with Crippen LogP contribution in [0.5, 0.6) is 0 Å². The van der Waals surface area contributed by atoms with Crippen LogP contribution in [0.1, 0.15) is 16.9 Å². The summed E-state index contributed by atoms with van der Waals surface area (Å²) < 4.78 is 1.38. The van der Waals surface area contributed by atoms with Crippen molar-refractivity contribution in [2.75, 3.05) is 6.26 Å². The standard InChI is InChI=1S/C9H12OS2/c1-11-9-5-6-4-7(10)2-3-8(6)12-9/h5,7,10H,2-4H2,1H3. The summed E-state index contributed by atoms with van der Waals surface area (Å²) in [5, 5.41) is 9.44. The van der Waals surface area contributed by atoms with Crippen molar-refractivity contribution < 1.29 is 5.11 Å². The second kappa shape index (κ2) is 3.40. The minimum absolute atomic E-state index is 0.0955. The fourth-order valence-corrected chi connectivity index (χ4v) is 3.41. The van der Waals surface area contributed by atoms with Gasteiger partial charge < -0.3 is 5.11 Å². The first-order valence-electron chi connectivity index (χ1n) is 4.13. The van der Waals surface area contributed by atoms with E-state index in [4.69, 9.17) is 0 Å². The predicted molar refractivity (Wildman–Crippen MR) is 54.1 cm³/mol. The van der Waals surface area contributed by atoms with Crippen LogP contribution >= 0.6 is 23.1 Å². The molecule has 1 aromatic heterocycles. The van der Waals surface area contributed by atoms with Gasteiger partial charge in [0, 0.05) is 4.88 Å². The van der Waals surface area contributed by atoms with Crippen LogP contribution in [0.4, 0.5) is 0 Å². The third-order valence-electron chi connectivity index (χ3n) is 2.24. The van der Waals surface area contributed by atoms with Crippen molar-refractivity contribution in [3.63, 3.8) is 0 Å². The molecule has 1 heterocycles. The van der Waals surface area contributed by atoms with Crippen LogP contribution in [0.15, 0.2) is 10.3 Å². The first-order valence-corrected chi connectivity index (χ1v) is 6.17. The van der Waals surface area contributed by atoms with Gasteiger partial charge in [-0.15, -0.1) is 23.1 Å². The second-order valence-electron chi connectivity index (χ2n) is 3.11. The Morgan fingerprint density at radius 1 is 1.67 bits per heavy atom. The molecule has 0 aliphatic heterocycles.